The molecule has 2 fully saturated rings. The molecule has 1 spiro atoms. The summed E-state index contributed by atoms with van der Waals surface area (Å²) in [6.45, 7) is 12.2. The van der Waals surface area contributed by atoms with E-state index in [9.17, 15) is 4.79 Å². The summed E-state index contributed by atoms with van der Waals surface area (Å²) >= 11 is 0. The molecule has 158 valence electrons. The lowest BCUT2D eigenvalue weighted by atomic mass is 9.51. The fourth-order valence-corrected chi connectivity index (χ4v) is 3.77. The second kappa shape index (κ2) is 10.7. The molecule has 0 saturated heterocycles. The highest BCUT2D eigenvalue weighted by Crippen LogP contribution is 2.57. The van der Waals surface area contributed by atoms with Gasteiger partial charge in [-0.05, 0) is 53.9 Å². The molecule has 0 bridgehead atoms. The smallest absolute Gasteiger partial charge is 0.407 e. The Morgan fingerprint density at radius 2 is 1.93 bits per heavy atom. The van der Waals surface area contributed by atoms with E-state index in [0.29, 0.717) is 30.7 Å². The first-order valence-corrected chi connectivity index (χ1v) is 9.94. The van der Waals surface area contributed by atoms with E-state index in [2.05, 4.69) is 34.8 Å². The Kier molecular flexibility index (Phi) is 9.61. The van der Waals surface area contributed by atoms with Crippen LogP contribution in [-0.4, -0.2) is 56.0 Å². The standard InChI is InChI=1S/C19H36N4O3.HI/c1-6-20-16(21-11-12-22-17(24)26-18(3,4)5)23-14-13-15(25-7-2)19(14)9-8-10-19;/h14-15H,6-13H2,1-5H3,(H,22,24)(H2,20,21,23);1H. The van der Waals surface area contributed by atoms with Gasteiger partial charge in [0.15, 0.2) is 5.96 Å². The fourth-order valence-electron chi connectivity index (χ4n) is 3.77. The summed E-state index contributed by atoms with van der Waals surface area (Å²) in [4.78, 5) is 16.2. The van der Waals surface area contributed by atoms with Crippen LogP contribution in [-0.2, 0) is 9.47 Å². The summed E-state index contributed by atoms with van der Waals surface area (Å²) in [5, 5.41) is 9.61. The Bertz CT molecular complexity index is 504. The Balaban J connectivity index is 0.00000364. The number of aliphatic imine (C=N–C) groups is 1. The van der Waals surface area contributed by atoms with Crippen LogP contribution >= 0.6 is 24.0 Å². The molecule has 2 saturated carbocycles. The molecule has 0 radical (unpaired) electrons. The van der Waals surface area contributed by atoms with Crippen molar-refractivity contribution in [3.8, 4) is 0 Å². The van der Waals surface area contributed by atoms with E-state index in [1.807, 2.05) is 20.8 Å². The first kappa shape index (κ1) is 24.3. The number of ether oxygens (including phenoxy) is 2. The monoisotopic (exact) mass is 496 g/mol. The molecule has 0 aliphatic heterocycles. The maximum absolute atomic E-state index is 11.7. The van der Waals surface area contributed by atoms with Crippen LogP contribution in [0.5, 0.6) is 0 Å². The lowest BCUT2D eigenvalue weighted by Gasteiger charge is -2.61. The van der Waals surface area contributed by atoms with Gasteiger partial charge < -0.3 is 25.4 Å². The Morgan fingerprint density at radius 3 is 2.44 bits per heavy atom. The molecule has 1 amide bonds. The van der Waals surface area contributed by atoms with Crippen molar-refractivity contribution in [2.75, 3.05) is 26.2 Å². The van der Waals surface area contributed by atoms with E-state index in [1.54, 1.807) is 0 Å². The third kappa shape index (κ3) is 6.66. The number of amides is 1. The lowest BCUT2D eigenvalue weighted by Crippen LogP contribution is -2.68. The molecule has 2 aliphatic carbocycles. The number of nitrogens with zero attached hydrogens (tertiary/aromatic N) is 1. The zero-order valence-electron chi connectivity index (χ0n) is 17.4. The van der Waals surface area contributed by atoms with E-state index in [-0.39, 0.29) is 24.0 Å². The molecule has 0 aromatic carbocycles. The number of hydrogen-bond acceptors (Lipinski definition) is 4. The number of rotatable bonds is 7. The van der Waals surface area contributed by atoms with Crippen LogP contribution in [0.3, 0.4) is 0 Å². The topological polar surface area (TPSA) is 84.0 Å². The molecule has 2 unspecified atom stereocenters. The van der Waals surface area contributed by atoms with Crippen LogP contribution in [0.25, 0.3) is 0 Å². The van der Waals surface area contributed by atoms with Crippen molar-refractivity contribution >= 4 is 36.0 Å². The summed E-state index contributed by atoms with van der Waals surface area (Å²) in [7, 11) is 0. The average molecular weight is 496 g/mol. The summed E-state index contributed by atoms with van der Waals surface area (Å²) in [5.41, 5.74) is -0.191. The summed E-state index contributed by atoms with van der Waals surface area (Å²) in [5.74, 6) is 0.810. The molecule has 0 aromatic rings. The molecule has 27 heavy (non-hydrogen) atoms. The van der Waals surface area contributed by atoms with Crippen LogP contribution in [0.1, 0.15) is 60.3 Å². The van der Waals surface area contributed by atoms with Crippen molar-refractivity contribution in [1.29, 1.82) is 0 Å². The van der Waals surface area contributed by atoms with Crippen molar-refractivity contribution in [2.45, 2.75) is 78.0 Å². The van der Waals surface area contributed by atoms with Crippen LogP contribution in [0.4, 0.5) is 4.79 Å². The largest absolute Gasteiger partial charge is 0.444 e. The number of carbonyl (C=O) groups excluding carboxylic acids is 1. The van der Waals surface area contributed by atoms with Gasteiger partial charge >= 0.3 is 6.09 Å². The number of alkyl carbamates (subject to hydrolysis) is 1. The molecule has 2 aliphatic rings. The highest BCUT2D eigenvalue weighted by Gasteiger charge is 2.59. The third-order valence-electron chi connectivity index (χ3n) is 5.14. The van der Waals surface area contributed by atoms with Crippen LogP contribution in [0, 0.1) is 5.41 Å². The van der Waals surface area contributed by atoms with Crippen molar-refractivity contribution < 1.29 is 14.3 Å². The molecule has 8 heteroatoms. The van der Waals surface area contributed by atoms with E-state index in [1.165, 1.54) is 19.3 Å². The molecule has 2 rings (SSSR count). The fraction of sp³-hybridized carbons (Fsp3) is 0.895. The minimum Gasteiger partial charge on any atom is -0.444 e. The maximum Gasteiger partial charge on any atom is 0.407 e. The van der Waals surface area contributed by atoms with Gasteiger partial charge in [-0.25, -0.2) is 4.79 Å². The summed E-state index contributed by atoms with van der Waals surface area (Å²) in [6.07, 6.45) is 4.76. The quantitative estimate of drug-likeness (QED) is 0.219. The van der Waals surface area contributed by atoms with Gasteiger partial charge in [0, 0.05) is 31.2 Å². The normalized spacial score (nSPS) is 23.5. The second-order valence-electron chi connectivity index (χ2n) is 8.15. The van der Waals surface area contributed by atoms with Crippen molar-refractivity contribution in [1.82, 2.24) is 16.0 Å². The summed E-state index contributed by atoms with van der Waals surface area (Å²) in [6, 6.07) is 0.421. The molecule has 0 aromatic heterocycles. The minimum atomic E-state index is -0.484. The van der Waals surface area contributed by atoms with Gasteiger partial charge in [0.2, 0.25) is 0 Å². The number of nitrogens with one attached hydrogen (secondary N) is 3. The van der Waals surface area contributed by atoms with Gasteiger partial charge in [-0.1, -0.05) is 6.42 Å². The number of guanidine groups is 1. The van der Waals surface area contributed by atoms with Gasteiger partial charge in [-0.2, -0.15) is 0 Å². The molecular weight excluding hydrogens is 459 g/mol. The highest BCUT2D eigenvalue weighted by atomic mass is 127. The van der Waals surface area contributed by atoms with E-state index < -0.39 is 11.7 Å². The Morgan fingerprint density at radius 1 is 1.22 bits per heavy atom. The van der Waals surface area contributed by atoms with Crippen LogP contribution < -0.4 is 16.0 Å². The van der Waals surface area contributed by atoms with Crippen molar-refractivity contribution in [3.05, 3.63) is 0 Å². The van der Waals surface area contributed by atoms with Crippen molar-refractivity contribution in [3.63, 3.8) is 0 Å². The number of halogens is 1. The van der Waals surface area contributed by atoms with Gasteiger partial charge in [0.25, 0.3) is 0 Å². The molecule has 2 atom stereocenters. The van der Waals surface area contributed by atoms with Crippen LogP contribution in [0.15, 0.2) is 4.99 Å². The Hall–Kier alpha value is -0.770. The molecular formula is C19H37IN4O3. The van der Waals surface area contributed by atoms with E-state index in [4.69, 9.17) is 9.47 Å². The zero-order chi connectivity index (χ0) is 19.2. The third-order valence-corrected chi connectivity index (χ3v) is 5.14. The van der Waals surface area contributed by atoms with Crippen LogP contribution in [0.2, 0.25) is 0 Å². The number of carbonyl (C=O) groups is 1. The highest BCUT2D eigenvalue weighted by molar-refractivity contribution is 14.0. The average Bonchev–Trinajstić information content (AvgIpc) is 2.46. The van der Waals surface area contributed by atoms with Gasteiger partial charge in [0.1, 0.15) is 5.60 Å². The lowest BCUT2D eigenvalue weighted by molar-refractivity contribution is -0.168. The molecule has 7 nitrogen and oxygen atoms in total. The first-order chi connectivity index (χ1) is 12.3. The van der Waals surface area contributed by atoms with Gasteiger partial charge in [-0.15, -0.1) is 24.0 Å². The van der Waals surface area contributed by atoms with Gasteiger partial charge in [-0.3, -0.25) is 4.99 Å². The van der Waals surface area contributed by atoms with Gasteiger partial charge in [0.05, 0.1) is 12.6 Å². The minimum absolute atomic E-state index is 0. The molecule has 3 N–H and O–H groups in total. The molecule has 0 heterocycles. The summed E-state index contributed by atoms with van der Waals surface area (Å²) < 4.78 is 11.1. The van der Waals surface area contributed by atoms with Crippen molar-refractivity contribution in [2.24, 2.45) is 10.4 Å². The van der Waals surface area contributed by atoms with E-state index in [0.717, 1.165) is 25.5 Å². The SMILES string of the molecule is CCNC(=NCCNC(=O)OC(C)(C)C)NC1CC(OCC)C12CCC2.I. The number of hydrogen-bond donors (Lipinski definition) is 3. The predicted octanol–water partition coefficient (Wildman–Crippen LogP) is 3.03. The second-order valence-corrected chi connectivity index (χ2v) is 8.15. The predicted molar refractivity (Wildman–Crippen MR) is 119 cm³/mol. The van der Waals surface area contributed by atoms with E-state index >= 15 is 0 Å². The Labute approximate surface area is 180 Å². The maximum atomic E-state index is 11.7. The zero-order valence-corrected chi connectivity index (χ0v) is 19.7. The first-order valence-electron chi connectivity index (χ1n) is 9.94.